The van der Waals surface area contributed by atoms with Gasteiger partial charge in [0, 0.05) is 17.6 Å². The van der Waals surface area contributed by atoms with Crippen molar-refractivity contribution in [1.82, 2.24) is 9.55 Å². The zero-order valence-corrected chi connectivity index (χ0v) is 14.9. The van der Waals surface area contributed by atoms with Crippen molar-refractivity contribution in [3.8, 4) is 5.69 Å². The largest absolute Gasteiger partial charge is 0.427 e. The van der Waals surface area contributed by atoms with Gasteiger partial charge in [0.05, 0.1) is 17.6 Å². The van der Waals surface area contributed by atoms with Gasteiger partial charge in [0.25, 0.3) is 0 Å². The maximum absolute atomic E-state index is 12.7. The third kappa shape index (κ3) is 2.91. The first kappa shape index (κ1) is 16.8. The summed E-state index contributed by atoms with van der Waals surface area (Å²) in [5, 5.41) is 0. The molecule has 2 aromatic heterocycles. The third-order valence-electron chi connectivity index (χ3n) is 4.47. The van der Waals surface area contributed by atoms with E-state index < -0.39 is 12.0 Å². The Hall–Kier alpha value is -3.67. The number of ether oxygens (including phenoxy) is 1. The van der Waals surface area contributed by atoms with Gasteiger partial charge in [0.1, 0.15) is 0 Å². The van der Waals surface area contributed by atoms with Crippen molar-refractivity contribution >= 4 is 23.8 Å². The summed E-state index contributed by atoms with van der Waals surface area (Å²) in [5.74, 6) is -0.465. The summed E-state index contributed by atoms with van der Waals surface area (Å²) < 4.78 is 7.27. The minimum Gasteiger partial charge on any atom is -0.404 e. The van der Waals surface area contributed by atoms with Gasteiger partial charge in [-0.2, -0.15) is 0 Å². The average molecular weight is 359 g/mol. The third-order valence-corrected chi connectivity index (χ3v) is 4.47. The van der Waals surface area contributed by atoms with E-state index >= 15 is 0 Å². The number of aryl methyl sites for hydroxylation is 1. The second-order valence-electron chi connectivity index (χ2n) is 6.23. The lowest BCUT2D eigenvalue weighted by Crippen LogP contribution is -2.28. The van der Waals surface area contributed by atoms with E-state index in [1.54, 1.807) is 42.7 Å². The summed E-state index contributed by atoms with van der Waals surface area (Å²) in [6.07, 6.45) is 4.40. The second kappa shape index (κ2) is 6.57. The van der Waals surface area contributed by atoms with Crippen LogP contribution in [0.15, 0.2) is 66.7 Å². The molecule has 3 aromatic rings. The molecule has 6 nitrogen and oxygen atoms in total. The quantitative estimate of drug-likeness (QED) is 0.663. The molecule has 0 N–H and O–H groups in total. The molecule has 6 heteroatoms. The van der Waals surface area contributed by atoms with Gasteiger partial charge in [0.15, 0.2) is 5.76 Å². The Balaban J connectivity index is 1.71. The second-order valence-corrected chi connectivity index (χ2v) is 6.23. The molecule has 1 aromatic carbocycles. The van der Waals surface area contributed by atoms with Crippen molar-refractivity contribution in [3.05, 3.63) is 83.6 Å². The Kier molecular flexibility index (Phi) is 4.08. The van der Waals surface area contributed by atoms with Crippen molar-refractivity contribution in [2.75, 3.05) is 4.90 Å². The molecule has 1 saturated heterocycles. The Morgan fingerprint density at radius 3 is 2.44 bits per heavy atom. The highest BCUT2D eigenvalue weighted by Crippen LogP contribution is 2.28. The average Bonchev–Trinajstić information content (AvgIpc) is 3.11. The van der Waals surface area contributed by atoms with Gasteiger partial charge in [0.2, 0.25) is 0 Å². The molecule has 0 spiro atoms. The van der Waals surface area contributed by atoms with E-state index in [9.17, 15) is 9.59 Å². The van der Waals surface area contributed by atoms with Gasteiger partial charge in [-0.1, -0.05) is 18.2 Å². The van der Waals surface area contributed by atoms with Gasteiger partial charge < -0.3 is 9.30 Å². The lowest BCUT2D eigenvalue weighted by atomic mass is 10.2. The number of hydrogen-bond acceptors (Lipinski definition) is 4. The van der Waals surface area contributed by atoms with Gasteiger partial charge in [-0.3, -0.25) is 9.78 Å². The molecule has 134 valence electrons. The van der Waals surface area contributed by atoms with Crippen LogP contribution in [-0.2, 0) is 9.53 Å². The van der Waals surface area contributed by atoms with Crippen LogP contribution < -0.4 is 4.90 Å². The molecule has 2 amide bonds. The van der Waals surface area contributed by atoms with Crippen molar-refractivity contribution in [2.45, 2.75) is 13.8 Å². The van der Waals surface area contributed by atoms with Crippen LogP contribution >= 0.6 is 0 Å². The molecule has 0 aliphatic carbocycles. The number of imide groups is 1. The number of benzene rings is 1. The van der Waals surface area contributed by atoms with E-state index in [-0.39, 0.29) is 5.76 Å². The fourth-order valence-corrected chi connectivity index (χ4v) is 3.23. The minimum atomic E-state index is -0.696. The number of rotatable bonds is 3. The SMILES string of the molecule is Cc1cc(C=C2OC(=O)N(c3ccccc3)C2=O)c(C)n1-c1cccnc1. The molecule has 1 fully saturated rings. The molecule has 3 heterocycles. The van der Waals surface area contributed by atoms with Crippen LogP contribution in [0.5, 0.6) is 0 Å². The predicted octanol–water partition coefficient (Wildman–Crippen LogP) is 4.01. The van der Waals surface area contributed by atoms with Crippen molar-refractivity contribution < 1.29 is 14.3 Å². The zero-order chi connectivity index (χ0) is 19.0. The number of para-hydroxylation sites is 1. The molecule has 0 saturated carbocycles. The number of cyclic esters (lactones) is 1. The van der Waals surface area contributed by atoms with Gasteiger partial charge in [-0.25, -0.2) is 9.69 Å². The van der Waals surface area contributed by atoms with Crippen molar-refractivity contribution in [2.24, 2.45) is 0 Å². The monoisotopic (exact) mass is 359 g/mol. The zero-order valence-electron chi connectivity index (χ0n) is 14.9. The number of anilines is 1. The number of amides is 2. The molecule has 0 unspecified atom stereocenters. The van der Waals surface area contributed by atoms with Crippen LogP contribution in [0.25, 0.3) is 11.8 Å². The summed E-state index contributed by atoms with van der Waals surface area (Å²) in [6, 6.07) is 14.5. The normalized spacial score (nSPS) is 15.5. The summed E-state index contributed by atoms with van der Waals surface area (Å²) >= 11 is 0. The molecule has 0 atom stereocenters. The van der Waals surface area contributed by atoms with Gasteiger partial charge in [-0.05, 0) is 55.8 Å². The highest BCUT2D eigenvalue weighted by molar-refractivity contribution is 6.24. The molecule has 0 radical (unpaired) electrons. The van der Waals surface area contributed by atoms with Gasteiger partial charge in [-0.15, -0.1) is 0 Å². The first-order valence-corrected chi connectivity index (χ1v) is 8.48. The molecular formula is C21H17N3O3. The maximum Gasteiger partial charge on any atom is 0.427 e. The number of aromatic nitrogens is 2. The Bertz CT molecular complexity index is 1050. The van der Waals surface area contributed by atoms with E-state index in [0.717, 1.165) is 27.5 Å². The summed E-state index contributed by atoms with van der Waals surface area (Å²) in [4.78, 5) is 30.1. The smallest absolute Gasteiger partial charge is 0.404 e. The number of carbonyl (C=O) groups is 2. The highest BCUT2D eigenvalue weighted by Gasteiger charge is 2.37. The molecule has 0 bridgehead atoms. The molecule has 27 heavy (non-hydrogen) atoms. The van der Waals surface area contributed by atoms with E-state index in [1.807, 2.05) is 42.7 Å². The molecule has 1 aliphatic rings. The van der Waals surface area contributed by atoms with E-state index in [0.29, 0.717) is 5.69 Å². The van der Waals surface area contributed by atoms with Crippen LogP contribution in [0.2, 0.25) is 0 Å². The number of hydrogen-bond donors (Lipinski definition) is 0. The Morgan fingerprint density at radius 2 is 1.74 bits per heavy atom. The van der Waals surface area contributed by atoms with Crippen molar-refractivity contribution in [1.29, 1.82) is 0 Å². The summed E-state index contributed by atoms with van der Waals surface area (Å²) in [6.45, 7) is 3.92. The minimum absolute atomic E-state index is 0.00953. The number of pyridine rings is 1. The Labute approximate surface area is 156 Å². The predicted molar refractivity (Wildman–Crippen MR) is 101 cm³/mol. The number of nitrogens with zero attached hydrogens (tertiary/aromatic N) is 3. The lowest BCUT2D eigenvalue weighted by Gasteiger charge is -2.09. The molecular weight excluding hydrogens is 342 g/mol. The lowest BCUT2D eigenvalue weighted by molar-refractivity contribution is -0.114. The van der Waals surface area contributed by atoms with Crippen LogP contribution in [0.3, 0.4) is 0 Å². The Morgan fingerprint density at radius 1 is 1.00 bits per heavy atom. The topological polar surface area (TPSA) is 64.4 Å². The summed E-state index contributed by atoms with van der Waals surface area (Å²) in [5.41, 5.74) is 4.14. The van der Waals surface area contributed by atoms with Crippen LogP contribution in [0, 0.1) is 13.8 Å². The maximum atomic E-state index is 12.7. The standard InChI is InChI=1S/C21H17N3O3/c1-14-11-16(15(2)23(14)18-9-6-10-22-13-18)12-19-20(25)24(21(26)27-19)17-7-4-3-5-8-17/h3-13H,1-2H3. The fraction of sp³-hybridized carbons (Fsp3) is 0.0952. The number of carbonyl (C=O) groups excluding carboxylic acids is 2. The van der Waals surface area contributed by atoms with Gasteiger partial charge >= 0.3 is 12.0 Å². The molecule has 1 aliphatic heterocycles. The van der Waals surface area contributed by atoms with Crippen LogP contribution in [-0.4, -0.2) is 21.6 Å². The summed E-state index contributed by atoms with van der Waals surface area (Å²) in [7, 11) is 0. The van der Waals surface area contributed by atoms with Crippen LogP contribution in [0.1, 0.15) is 17.0 Å². The van der Waals surface area contributed by atoms with Crippen LogP contribution in [0.4, 0.5) is 10.5 Å². The molecule has 4 rings (SSSR count). The van der Waals surface area contributed by atoms with E-state index in [4.69, 9.17) is 4.74 Å². The first-order valence-electron chi connectivity index (χ1n) is 8.48. The van der Waals surface area contributed by atoms with Crippen molar-refractivity contribution in [3.63, 3.8) is 0 Å². The fourth-order valence-electron chi connectivity index (χ4n) is 3.23. The van der Waals surface area contributed by atoms with E-state index in [2.05, 4.69) is 4.98 Å². The highest BCUT2D eigenvalue weighted by atomic mass is 16.6. The first-order chi connectivity index (χ1) is 13.1. The van der Waals surface area contributed by atoms with E-state index in [1.165, 1.54) is 0 Å².